The number of benzene rings is 5. The first-order chi connectivity index (χ1) is 45.8. The van der Waals surface area contributed by atoms with Crippen molar-refractivity contribution in [3.8, 4) is 22.6 Å². The smallest absolute Gasteiger partial charge is 0.407 e. The van der Waals surface area contributed by atoms with Crippen LogP contribution in [-0.4, -0.2) is 175 Å². The van der Waals surface area contributed by atoms with Crippen molar-refractivity contribution < 1.29 is 81.8 Å². The second-order valence-corrected chi connectivity index (χ2v) is 22.1. The lowest BCUT2D eigenvalue weighted by atomic mass is 9.98. The lowest BCUT2D eigenvalue weighted by molar-refractivity contribution is -0.135. The molecule has 10 amide bonds. The fraction of sp³-hybridized carbons (Fsp3) is 0.385. The quantitative estimate of drug-likeness (QED) is 0.0153. The Kier molecular flexibility index (Phi) is 27.5. The van der Waals surface area contributed by atoms with Gasteiger partial charge in [0, 0.05) is 88.8 Å². The Morgan fingerprint density at radius 3 is 1.79 bits per heavy atom. The summed E-state index contributed by atoms with van der Waals surface area (Å²) in [5, 5.41) is 64.2. The minimum Gasteiger partial charge on any atom is -0.508 e. The Balaban J connectivity index is 0.870. The van der Waals surface area contributed by atoms with Crippen LogP contribution in [0.2, 0.25) is 0 Å². The van der Waals surface area contributed by atoms with Gasteiger partial charge in [-0.15, -0.1) is 0 Å². The molecule has 0 saturated heterocycles. The van der Waals surface area contributed by atoms with E-state index < -0.39 is 127 Å². The average molecular weight is 1320 g/mol. The van der Waals surface area contributed by atoms with Crippen LogP contribution >= 0.6 is 0 Å². The number of hydrogen-bond donors (Lipinski definition) is 15. The van der Waals surface area contributed by atoms with Crippen molar-refractivity contribution in [2.45, 2.75) is 94.8 Å². The summed E-state index contributed by atoms with van der Waals surface area (Å²) in [6.45, 7) is -0.893. The number of phenolic OH excluding ortho intramolecular Hbond substituents is 1. The van der Waals surface area contributed by atoms with Gasteiger partial charge < -0.3 is 83.5 Å². The number of aromatic hydroxyl groups is 1. The maximum absolute atomic E-state index is 14.7. The minimum atomic E-state index is -1.69. The van der Waals surface area contributed by atoms with Gasteiger partial charge in [-0.1, -0.05) is 91.9 Å². The Labute approximate surface area is 545 Å². The predicted molar refractivity (Wildman–Crippen MR) is 340 cm³/mol. The highest BCUT2D eigenvalue weighted by atomic mass is 19.1. The minimum absolute atomic E-state index is 0.0101. The highest BCUT2D eigenvalue weighted by molar-refractivity contribution is 5.96. The van der Waals surface area contributed by atoms with E-state index in [1.54, 1.807) is 31.2 Å². The summed E-state index contributed by atoms with van der Waals surface area (Å²) in [4.78, 5) is 123. The average Bonchev–Trinajstić information content (AvgIpc) is 1.63. The predicted octanol–water partition coefficient (Wildman–Crippen LogP) is 0.694. The van der Waals surface area contributed by atoms with Gasteiger partial charge in [0.05, 0.1) is 26.4 Å². The number of phenols is 1. The number of alkyl carbamates (subject to hydrolysis) is 1. The summed E-state index contributed by atoms with van der Waals surface area (Å²) in [7, 11) is 0. The van der Waals surface area contributed by atoms with Crippen LogP contribution in [0.4, 0.5) is 18.4 Å². The third-order valence-electron chi connectivity index (χ3n) is 15.4. The first kappa shape index (κ1) is 72.1. The molecule has 7 rings (SSSR count). The number of ether oxygens (including phenoxy) is 2. The van der Waals surface area contributed by atoms with Crippen LogP contribution in [0, 0.1) is 11.6 Å². The fourth-order valence-corrected chi connectivity index (χ4v) is 10.5. The number of aliphatic imine (C=N–C) groups is 1. The monoisotopic (exact) mass is 1320 g/mol. The first-order valence-corrected chi connectivity index (χ1v) is 30.8. The van der Waals surface area contributed by atoms with E-state index in [2.05, 4.69) is 58.2 Å². The van der Waals surface area contributed by atoms with Crippen molar-refractivity contribution in [1.29, 1.82) is 0 Å². The van der Waals surface area contributed by atoms with Gasteiger partial charge in [-0.2, -0.15) is 0 Å². The van der Waals surface area contributed by atoms with Gasteiger partial charge in [-0.25, -0.2) is 18.4 Å². The number of carbonyl (C=O) groups excluding carboxylic acids is 9. The second kappa shape index (κ2) is 36.2. The van der Waals surface area contributed by atoms with Gasteiger partial charge in [0.15, 0.2) is 5.96 Å². The van der Waals surface area contributed by atoms with Crippen molar-refractivity contribution in [1.82, 2.24) is 58.1 Å². The molecule has 5 atom stereocenters. The van der Waals surface area contributed by atoms with Gasteiger partial charge in [0.1, 0.15) is 59.9 Å². The molecule has 30 heteroatoms. The highest BCUT2D eigenvalue weighted by Gasteiger charge is 2.36. The zero-order chi connectivity index (χ0) is 68.4. The summed E-state index contributed by atoms with van der Waals surface area (Å²) in [6, 6.07) is 23.3. The third-order valence-corrected chi connectivity index (χ3v) is 15.4. The molecule has 5 aromatic rings. The van der Waals surface area contributed by atoms with E-state index in [0.717, 1.165) is 33.4 Å². The Morgan fingerprint density at radius 1 is 0.621 bits per heavy atom. The molecule has 0 fully saturated rings. The van der Waals surface area contributed by atoms with E-state index in [1.165, 1.54) is 0 Å². The van der Waals surface area contributed by atoms with Gasteiger partial charge in [-0.05, 0) is 70.3 Å². The summed E-state index contributed by atoms with van der Waals surface area (Å²) in [5.41, 5.74) is 11.9. The van der Waals surface area contributed by atoms with Crippen LogP contribution in [-0.2, 0) is 57.9 Å². The zero-order valence-corrected chi connectivity index (χ0v) is 52.1. The van der Waals surface area contributed by atoms with Crippen LogP contribution in [0.15, 0.2) is 114 Å². The summed E-state index contributed by atoms with van der Waals surface area (Å²) in [6.07, 6.45) is -0.556. The number of nitrogens with two attached hydrogens (primary N) is 1. The van der Waals surface area contributed by atoms with E-state index in [0.29, 0.717) is 36.5 Å². The molecule has 1 heterocycles. The molecular weight excluding hydrogens is 1240 g/mol. The Hall–Kier alpha value is -10.3. The van der Waals surface area contributed by atoms with Crippen LogP contribution < -0.4 is 63.6 Å². The summed E-state index contributed by atoms with van der Waals surface area (Å²) < 4.78 is 40.9. The molecule has 0 spiro atoms. The molecule has 16 N–H and O–H groups in total. The number of nitrogens with zero attached hydrogens (tertiary/aromatic N) is 2. The van der Waals surface area contributed by atoms with E-state index in [1.807, 2.05) is 77.7 Å². The molecular formula is C65H79F2N13O15. The standard InChI is InChI=1S/C65H79F2N13O15/c1-2-55(85)69-26-27-72-64(92)79-63(68)71-23-9-17-51(58(87)74-31-47-49(66)29-41(84)30-50(47)67)76-62(91)57(80-32-39-11-3-4-12-40(39)33-80)38-18-20-42(21-19-38)94-28-10-24-70-59(88)52(34-81)77-61(90)54(36-83)78-60(89)53(35-82)75-56(86)22-25-73-65(93)95-37-48-45-15-7-5-13-43(45)44-14-6-8-16-46(44)48/h3-8,11-16,18-21,29-30,48,51-54,57,81-84H,2,9-10,17,22-28,31-37H2,1H3,(H,69,85)(H,70,88)(H,73,93)(H,74,87)(H,75,86)(H,76,91)(H,77,90)(H,78,89)(H4,68,71,72,79,92)/t51-,52-,53-,54-,57+/m1/s1. The van der Waals surface area contributed by atoms with E-state index in [9.17, 15) is 72.4 Å². The molecule has 2 aliphatic rings. The van der Waals surface area contributed by atoms with Gasteiger partial charge in [0.25, 0.3) is 0 Å². The van der Waals surface area contributed by atoms with Crippen molar-refractivity contribution in [2.75, 3.05) is 65.8 Å². The normalized spacial score (nSPS) is 14.0. The lowest BCUT2D eigenvalue weighted by Crippen LogP contribution is -2.59. The van der Waals surface area contributed by atoms with Crippen LogP contribution in [0.1, 0.15) is 84.4 Å². The number of aliphatic hydroxyl groups excluding tert-OH is 3. The number of hydrogen-bond acceptors (Lipinski definition) is 17. The van der Waals surface area contributed by atoms with Crippen molar-refractivity contribution >= 4 is 59.4 Å². The van der Waals surface area contributed by atoms with Crippen molar-refractivity contribution in [3.05, 3.63) is 154 Å². The number of aliphatic hydroxyl groups is 3. The van der Waals surface area contributed by atoms with Crippen molar-refractivity contribution in [2.24, 2.45) is 10.7 Å². The maximum Gasteiger partial charge on any atom is 0.407 e. The first-order valence-electron chi connectivity index (χ1n) is 30.8. The SMILES string of the molecule is CCC(=O)NCCNC(=O)NC(N)=NCCC[C@@H](NC(=O)[C@H](c1ccc(OCCCNC(=O)[C@@H](CO)NC(=O)[C@@H](CO)NC(=O)[C@@H](CO)NC(=O)CCNC(=O)OCC2c3ccccc3-c3ccccc32)cc1)N1Cc2ccccc2C1)C(=O)NCc1c(F)cc(O)cc1F. The molecule has 0 unspecified atom stereocenters. The molecule has 1 aliphatic carbocycles. The number of carbonyl (C=O) groups is 9. The third kappa shape index (κ3) is 21.1. The van der Waals surface area contributed by atoms with Crippen LogP contribution in [0.5, 0.6) is 11.5 Å². The van der Waals surface area contributed by atoms with Gasteiger partial charge >= 0.3 is 12.1 Å². The van der Waals surface area contributed by atoms with Gasteiger partial charge in [0.2, 0.25) is 41.4 Å². The molecule has 95 heavy (non-hydrogen) atoms. The molecule has 28 nitrogen and oxygen atoms in total. The summed E-state index contributed by atoms with van der Waals surface area (Å²) in [5.74, 6) is -8.29. The van der Waals surface area contributed by atoms with Gasteiger partial charge in [-0.3, -0.25) is 48.8 Å². The number of amides is 10. The Morgan fingerprint density at radius 2 is 1.18 bits per heavy atom. The van der Waals surface area contributed by atoms with E-state index in [4.69, 9.17) is 15.2 Å². The molecule has 0 bridgehead atoms. The van der Waals surface area contributed by atoms with Crippen molar-refractivity contribution in [3.63, 3.8) is 0 Å². The largest absolute Gasteiger partial charge is 0.508 e. The highest BCUT2D eigenvalue weighted by Crippen LogP contribution is 2.44. The maximum atomic E-state index is 14.7. The summed E-state index contributed by atoms with van der Waals surface area (Å²) >= 11 is 0. The number of rotatable bonds is 34. The second-order valence-electron chi connectivity index (χ2n) is 22.1. The number of nitrogens with one attached hydrogen (secondary N) is 10. The molecule has 5 aromatic carbocycles. The van der Waals surface area contributed by atoms with E-state index >= 15 is 0 Å². The molecule has 0 saturated carbocycles. The number of fused-ring (bicyclic) bond motifs is 4. The number of guanidine groups is 1. The van der Waals surface area contributed by atoms with Crippen LogP contribution in [0.25, 0.3) is 11.1 Å². The van der Waals surface area contributed by atoms with Crippen LogP contribution in [0.3, 0.4) is 0 Å². The molecule has 508 valence electrons. The molecule has 0 aromatic heterocycles. The number of urea groups is 1. The lowest BCUT2D eigenvalue weighted by Gasteiger charge is -2.29. The fourth-order valence-electron chi connectivity index (χ4n) is 10.5. The molecule has 0 radical (unpaired) electrons. The molecule has 1 aliphatic heterocycles. The number of halogens is 2. The van der Waals surface area contributed by atoms with E-state index in [-0.39, 0.29) is 95.8 Å². The topological polar surface area (TPSA) is 415 Å². The zero-order valence-electron chi connectivity index (χ0n) is 52.1. The Bertz CT molecular complexity index is 3450.